The van der Waals surface area contributed by atoms with Gasteiger partial charge in [0.25, 0.3) is 5.91 Å². The molecule has 1 unspecified atom stereocenters. The molecule has 2 aliphatic rings. The standard InChI is InChI=1S/C15H22N2O2/c1-12-8-13(9-19-12)14(18)17-7-3-5-15(11-17)4-2-6-16-10-15/h8-9,16H,2-7,10-11H2,1H3. The van der Waals surface area contributed by atoms with Gasteiger partial charge >= 0.3 is 0 Å². The fourth-order valence-electron chi connectivity index (χ4n) is 3.50. The van der Waals surface area contributed by atoms with Gasteiger partial charge in [-0.3, -0.25) is 4.79 Å². The number of furan rings is 1. The van der Waals surface area contributed by atoms with E-state index >= 15 is 0 Å². The molecule has 1 aromatic heterocycles. The van der Waals surface area contributed by atoms with Gasteiger partial charge in [-0.05, 0) is 45.2 Å². The van der Waals surface area contributed by atoms with Crippen molar-refractivity contribution >= 4 is 5.91 Å². The molecule has 1 amide bonds. The molecular formula is C15H22N2O2. The summed E-state index contributed by atoms with van der Waals surface area (Å²) in [5, 5.41) is 3.49. The van der Waals surface area contributed by atoms with Crippen molar-refractivity contribution in [3.8, 4) is 0 Å². The first-order valence-corrected chi connectivity index (χ1v) is 7.24. The van der Waals surface area contributed by atoms with Gasteiger partial charge in [0.05, 0.1) is 5.56 Å². The highest BCUT2D eigenvalue weighted by atomic mass is 16.3. The average molecular weight is 262 g/mol. The molecule has 3 rings (SSSR count). The summed E-state index contributed by atoms with van der Waals surface area (Å²) in [6, 6.07) is 1.84. The zero-order chi connectivity index (χ0) is 13.3. The molecule has 2 saturated heterocycles. The largest absolute Gasteiger partial charge is 0.469 e. The number of hydrogen-bond acceptors (Lipinski definition) is 3. The highest BCUT2D eigenvalue weighted by Crippen LogP contribution is 2.36. The molecule has 2 aliphatic heterocycles. The molecule has 19 heavy (non-hydrogen) atoms. The molecule has 1 aromatic rings. The average Bonchev–Trinajstić information content (AvgIpc) is 2.85. The van der Waals surface area contributed by atoms with Gasteiger partial charge in [0.15, 0.2) is 0 Å². The third-order valence-corrected chi connectivity index (χ3v) is 4.49. The third-order valence-electron chi connectivity index (χ3n) is 4.49. The van der Waals surface area contributed by atoms with E-state index in [9.17, 15) is 4.79 Å². The molecule has 0 aromatic carbocycles. The molecule has 0 aliphatic carbocycles. The summed E-state index contributed by atoms with van der Waals surface area (Å²) in [7, 11) is 0. The van der Waals surface area contributed by atoms with Gasteiger partial charge in [-0.2, -0.15) is 0 Å². The second kappa shape index (κ2) is 5.00. The molecule has 0 saturated carbocycles. The smallest absolute Gasteiger partial charge is 0.257 e. The van der Waals surface area contributed by atoms with Gasteiger partial charge in [0, 0.05) is 25.0 Å². The summed E-state index contributed by atoms with van der Waals surface area (Å²) in [4.78, 5) is 14.5. The lowest BCUT2D eigenvalue weighted by Crippen LogP contribution is -2.52. The highest BCUT2D eigenvalue weighted by Gasteiger charge is 2.38. The van der Waals surface area contributed by atoms with E-state index in [1.807, 2.05) is 17.9 Å². The van der Waals surface area contributed by atoms with Crippen LogP contribution in [0.4, 0.5) is 0 Å². The first-order valence-electron chi connectivity index (χ1n) is 7.24. The second-order valence-electron chi connectivity index (χ2n) is 6.06. The van der Waals surface area contributed by atoms with E-state index in [2.05, 4.69) is 5.32 Å². The molecule has 0 radical (unpaired) electrons. The van der Waals surface area contributed by atoms with Crippen LogP contribution in [0.2, 0.25) is 0 Å². The maximum atomic E-state index is 12.5. The van der Waals surface area contributed by atoms with E-state index in [4.69, 9.17) is 4.42 Å². The van der Waals surface area contributed by atoms with Crippen molar-refractivity contribution in [2.45, 2.75) is 32.6 Å². The molecule has 3 heterocycles. The zero-order valence-electron chi connectivity index (χ0n) is 11.6. The van der Waals surface area contributed by atoms with E-state index in [0.717, 1.165) is 38.4 Å². The SMILES string of the molecule is Cc1cc(C(=O)N2CCCC3(CCCNC3)C2)co1. The number of amides is 1. The maximum absolute atomic E-state index is 12.5. The Bertz CT molecular complexity index is 455. The Morgan fingerprint density at radius 2 is 2.26 bits per heavy atom. The zero-order valence-corrected chi connectivity index (χ0v) is 11.6. The van der Waals surface area contributed by atoms with Gasteiger partial charge in [0.2, 0.25) is 0 Å². The van der Waals surface area contributed by atoms with E-state index in [-0.39, 0.29) is 5.91 Å². The Labute approximate surface area is 114 Å². The van der Waals surface area contributed by atoms with Crippen LogP contribution >= 0.6 is 0 Å². The fourth-order valence-corrected chi connectivity index (χ4v) is 3.50. The van der Waals surface area contributed by atoms with Crippen LogP contribution in [0.5, 0.6) is 0 Å². The molecular weight excluding hydrogens is 240 g/mol. The van der Waals surface area contributed by atoms with E-state index < -0.39 is 0 Å². The Morgan fingerprint density at radius 1 is 1.42 bits per heavy atom. The number of nitrogens with one attached hydrogen (secondary N) is 1. The molecule has 4 nitrogen and oxygen atoms in total. The van der Waals surface area contributed by atoms with Crippen molar-refractivity contribution in [3.05, 3.63) is 23.7 Å². The molecule has 1 spiro atoms. The van der Waals surface area contributed by atoms with Crippen molar-refractivity contribution in [2.24, 2.45) is 5.41 Å². The monoisotopic (exact) mass is 262 g/mol. The van der Waals surface area contributed by atoms with Crippen LogP contribution in [-0.2, 0) is 0 Å². The summed E-state index contributed by atoms with van der Waals surface area (Å²) < 4.78 is 5.25. The fraction of sp³-hybridized carbons (Fsp3) is 0.667. The molecule has 1 N–H and O–H groups in total. The summed E-state index contributed by atoms with van der Waals surface area (Å²) in [6.45, 7) is 5.82. The summed E-state index contributed by atoms with van der Waals surface area (Å²) >= 11 is 0. The number of nitrogens with zero attached hydrogens (tertiary/aromatic N) is 1. The number of carbonyl (C=O) groups is 1. The van der Waals surface area contributed by atoms with Crippen LogP contribution in [0.1, 0.15) is 41.8 Å². The number of carbonyl (C=O) groups excluding carboxylic acids is 1. The first kappa shape index (κ1) is 12.7. The molecule has 104 valence electrons. The Hall–Kier alpha value is -1.29. The topological polar surface area (TPSA) is 45.5 Å². The Morgan fingerprint density at radius 3 is 2.95 bits per heavy atom. The van der Waals surface area contributed by atoms with Crippen molar-refractivity contribution in [3.63, 3.8) is 0 Å². The van der Waals surface area contributed by atoms with Crippen LogP contribution in [0.15, 0.2) is 16.7 Å². The van der Waals surface area contributed by atoms with Crippen molar-refractivity contribution in [1.29, 1.82) is 0 Å². The van der Waals surface area contributed by atoms with Gasteiger partial charge in [-0.15, -0.1) is 0 Å². The predicted octanol–water partition coefficient (Wildman–Crippen LogP) is 2.19. The number of rotatable bonds is 1. The minimum Gasteiger partial charge on any atom is -0.469 e. The van der Waals surface area contributed by atoms with Gasteiger partial charge in [-0.25, -0.2) is 0 Å². The van der Waals surface area contributed by atoms with Crippen LogP contribution in [0, 0.1) is 12.3 Å². The Kier molecular flexibility index (Phi) is 3.35. The van der Waals surface area contributed by atoms with E-state index in [0.29, 0.717) is 11.0 Å². The number of hydrogen-bond donors (Lipinski definition) is 1. The summed E-state index contributed by atoms with van der Waals surface area (Å²) in [6.07, 6.45) is 6.41. The van der Waals surface area contributed by atoms with Crippen molar-refractivity contribution in [1.82, 2.24) is 10.2 Å². The Balaban J connectivity index is 1.72. The quantitative estimate of drug-likeness (QED) is 0.844. The predicted molar refractivity (Wildman–Crippen MR) is 73.1 cm³/mol. The molecule has 1 atom stereocenters. The van der Waals surface area contributed by atoms with Crippen LogP contribution in [-0.4, -0.2) is 37.0 Å². The number of likely N-dealkylation sites (tertiary alicyclic amines) is 1. The highest BCUT2D eigenvalue weighted by molar-refractivity contribution is 5.94. The third kappa shape index (κ3) is 2.54. The lowest BCUT2D eigenvalue weighted by Gasteiger charge is -2.45. The normalized spacial score (nSPS) is 27.7. The first-order chi connectivity index (χ1) is 9.19. The van der Waals surface area contributed by atoms with Gasteiger partial charge < -0.3 is 14.6 Å². The van der Waals surface area contributed by atoms with Gasteiger partial charge in [0.1, 0.15) is 12.0 Å². The van der Waals surface area contributed by atoms with E-state index in [1.165, 1.54) is 19.3 Å². The summed E-state index contributed by atoms with van der Waals surface area (Å²) in [5.41, 5.74) is 1.00. The van der Waals surface area contributed by atoms with Crippen LogP contribution in [0.3, 0.4) is 0 Å². The second-order valence-corrected chi connectivity index (χ2v) is 6.06. The van der Waals surface area contributed by atoms with Crippen molar-refractivity contribution < 1.29 is 9.21 Å². The molecule has 0 bridgehead atoms. The van der Waals surface area contributed by atoms with Crippen LogP contribution in [0.25, 0.3) is 0 Å². The lowest BCUT2D eigenvalue weighted by molar-refractivity contribution is 0.0433. The minimum absolute atomic E-state index is 0.126. The van der Waals surface area contributed by atoms with Gasteiger partial charge in [-0.1, -0.05) is 0 Å². The minimum atomic E-state index is 0.126. The number of aryl methyl sites for hydroxylation is 1. The molecule has 2 fully saturated rings. The van der Waals surface area contributed by atoms with E-state index in [1.54, 1.807) is 6.26 Å². The lowest BCUT2D eigenvalue weighted by atomic mass is 9.74. The summed E-state index contributed by atoms with van der Waals surface area (Å²) in [5.74, 6) is 0.927. The van der Waals surface area contributed by atoms with Crippen molar-refractivity contribution in [2.75, 3.05) is 26.2 Å². The molecule has 4 heteroatoms. The van der Waals surface area contributed by atoms with Crippen LogP contribution < -0.4 is 5.32 Å². The number of piperidine rings is 2. The maximum Gasteiger partial charge on any atom is 0.257 e.